The van der Waals surface area contributed by atoms with Gasteiger partial charge in [0.1, 0.15) is 11.8 Å². The van der Waals surface area contributed by atoms with Crippen molar-refractivity contribution in [3.63, 3.8) is 0 Å². The van der Waals surface area contributed by atoms with Crippen molar-refractivity contribution in [3.8, 4) is 16.9 Å². The molecule has 2 amide bonds. The average Bonchev–Trinajstić information content (AvgIpc) is 2.82. The van der Waals surface area contributed by atoms with Gasteiger partial charge in [0.25, 0.3) is 0 Å². The van der Waals surface area contributed by atoms with Crippen molar-refractivity contribution in [2.45, 2.75) is 70.9 Å². The third kappa shape index (κ3) is 9.38. The summed E-state index contributed by atoms with van der Waals surface area (Å²) >= 11 is 6.39. The van der Waals surface area contributed by atoms with Gasteiger partial charge in [0, 0.05) is 36.3 Å². The van der Waals surface area contributed by atoms with Crippen LogP contribution in [-0.2, 0) is 14.3 Å². The SMILES string of the molecule is CC(C)(C)OC(O)NCCC(=O)N1CCCC[C@@H]1C(=O)Nc1ccc(-c2ccccc2OC(F)(F)F)c(Cl)c1. The standard InChI is InChI=1S/C27H33ClF3N3O5/c1-26(2,3)39-25(37)32-14-13-23(35)34-15-7-6-9-21(34)24(36)33-17-11-12-18(20(28)16-17)19-8-4-5-10-22(19)38-27(29,30)31/h4-5,8,10-12,16,21,25,32,37H,6-7,9,13-15H2,1-3H3,(H,33,36)/t21-,25?/m1/s1. The van der Waals surface area contributed by atoms with E-state index in [0.717, 1.165) is 12.8 Å². The van der Waals surface area contributed by atoms with Crippen LogP contribution < -0.4 is 15.4 Å². The Morgan fingerprint density at radius 1 is 1.13 bits per heavy atom. The number of amides is 2. The van der Waals surface area contributed by atoms with Crippen molar-refractivity contribution >= 4 is 29.1 Å². The first-order valence-electron chi connectivity index (χ1n) is 12.6. The van der Waals surface area contributed by atoms with Gasteiger partial charge in [-0.15, -0.1) is 13.2 Å². The van der Waals surface area contributed by atoms with Crippen molar-refractivity contribution in [3.05, 3.63) is 47.5 Å². The smallest absolute Gasteiger partial charge is 0.405 e. The van der Waals surface area contributed by atoms with Gasteiger partial charge in [-0.1, -0.05) is 35.9 Å². The molecule has 1 fully saturated rings. The molecule has 0 aromatic heterocycles. The number of ether oxygens (including phenoxy) is 2. The monoisotopic (exact) mass is 571 g/mol. The van der Waals surface area contributed by atoms with Crippen molar-refractivity contribution in [1.82, 2.24) is 10.2 Å². The normalized spacial score (nSPS) is 17.0. The molecule has 1 aliphatic rings. The maximum atomic E-state index is 13.1. The Balaban J connectivity index is 1.65. The Hall–Kier alpha value is -2.86. The lowest BCUT2D eigenvalue weighted by Gasteiger charge is -2.35. The number of nitrogens with one attached hydrogen (secondary N) is 2. The highest BCUT2D eigenvalue weighted by Gasteiger charge is 2.33. The molecular formula is C27H33ClF3N3O5. The largest absolute Gasteiger partial charge is 0.573 e. The summed E-state index contributed by atoms with van der Waals surface area (Å²) in [6.45, 7) is 5.97. The number of nitrogens with zero attached hydrogens (tertiary/aromatic N) is 1. The van der Waals surface area contributed by atoms with E-state index in [1.807, 2.05) is 0 Å². The van der Waals surface area contributed by atoms with Crippen molar-refractivity contribution in [2.24, 2.45) is 0 Å². The summed E-state index contributed by atoms with van der Waals surface area (Å²) in [6, 6.07) is 9.40. The molecule has 2 aromatic carbocycles. The van der Waals surface area contributed by atoms with E-state index in [1.165, 1.54) is 41.3 Å². The first-order valence-corrected chi connectivity index (χ1v) is 13.0. The minimum Gasteiger partial charge on any atom is -0.405 e. The molecule has 0 spiro atoms. The molecule has 39 heavy (non-hydrogen) atoms. The molecule has 2 atom stereocenters. The zero-order valence-electron chi connectivity index (χ0n) is 22.0. The van der Waals surface area contributed by atoms with Crippen LogP contribution in [0.4, 0.5) is 18.9 Å². The van der Waals surface area contributed by atoms with Gasteiger partial charge >= 0.3 is 6.36 Å². The minimum atomic E-state index is -4.87. The van der Waals surface area contributed by atoms with Crippen LogP contribution in [0.15, 0.2) is 42.5 Å². The summed E-state index contributed by atoms with van der Waals surface area (Å²) in [5.41, 5.74) is 0.223. The van der Waals surface area contributed by atoms with Gasteiger partial charge in [-0.2, -0.15) is 0 Å². The molecule has 0 radical (unpaired) electrons. The summed E-state index contributed by atoms with van der Waals surface area (Å²) < 4.78 is 47.9. The molecular weight excluding hydrogens is 539 g/mol. The molecule has 2 aromatic rings. The van der Waals surface area contributed by atoms with Crippen LogP contribution in [0.2, 0.25) is 5.02 Å². The second-order valence-electron chi connectivity index (χ2n) is 10.1. The number of halogens is 4. The molecule has 1 unspecified atom stereocenters. The molecule has 1 heterocycles. The van der Waals surface area contributed by atoms with Crippen LogP contribution in [0, 0.1) is 0 Å². The first-order chi connectivity index (χ1) is 18.2. The van der Waals surface area contributed by atoms with Crippen molar-refractivity contribution < 1.29 is 37.3 Å². The Labute approximate surface area is 230 Å². The van der Waals surface area contributed by atoms with E-state index >= 15 is 0 Å². The van der Waals surface area contributed by atoms with E-state index in [4.69, 9.17) is 16.3 Å². The maximum Gasteiger partial charge on any atom is 0.573 e. The minimum absolute atomic E-state index is 0.0638. The molecule has 1 aliphatic heterocycles. The van der Waals surface area contributed by atoms with E-state index in [2.05, 4.69) is 15.4 Å². The number of aliphatic hydroxyl groups excluding tert-OH is 1. The van der Waals surface area contributed by atoms with Crippen LogP contribution in [-0.4, -0.2) is 59.3 Å². The molecule has 214 valence electrons. The number of carbonyl (C=O) groups excluding carboxylic acids is 2. The van der Waals surface area contributed by atoms with Gasteiger partial charge in [-0.25, -0.2) is 0 Å². The lowest BCUT2D eigenvalue weighted by Crippen LogP contribution is -2.50. The Morgan fingerprint density at radius 3 is 2.51 bits per heavy atom. The number of likely N-dealkylation sites (tertiary alicyclic amines) is 1. The molecule has 1 saturated heterocycles. The second kappa shape index (κ2) is 13.0. The number of hydrogen-bond acceptors (Lipinski definition) is 6. The van der Waals surface area contributed by atoms with Crippen LogP contribution >= 0.6 is 11.6 Å². The summed E-state index contributed by atoms with van der Waals surface area (Å²) in [7, 11) is 0. The van der Waals surface area contributed by atoms with E-state index in [1.54, 1.807) is 26.8 Å². The summed E-state index contributed by atoms with van der Waals surface area (Å²) in [5.74, 6) is -1.02. The number of piperidine rings is 1. The number of rotatable bonds is 9. The fourth-order valence-corrected chi connectivity index (χ4v) is 4.55. The van der Waals surface area contributed by atoms with Crippen molar-refractivity contribution in [1.29, 1.82) is 0 Å². The third-order valence-electron chi connectivity index (χ3n) is 5.89. The molecule has 8 nitrogen and oxygen atoms in total. The van der Waals surface area contributed by atoms with Crippen LogP contribution in [0.1, 0.15) is 46.5 Å². The summed E-state index contributed by atoms with van der Waals surface area (Å²) in [4.78, 5) is 27.5. The number of benzene rings is 2. The lowest BCUT2D eigenvalue weighted by atomic mass is 10.0. The Kier molecular flexibility index (Phi) is 10.2. The Bertz CT molecular complexity index is 1160. The van der Waals surface area contributed by atoms with Gasteiger partial charge in [0.2, 0.25) is 18.2 Å². The quantitative estimate of drug-likeness (QED) is 0.353. The number of para-hydroxylation sites is 1. The Morgan fingerprint density at radius 2 is 1.85 bits per heavy atom. The molecule has 0 saturated carbocycles. The molecule has 12 heteroatoms. The zero-order valence-corrected chi connectivity index (χ0v) is 22.7. The van der Waals surface area contributed by atoms with Crippen molar-refractivity contribution in [2.75, 3.05) is 18.4 Å². The van der Waals surface area contributed by atoms with Crippen LogP contribution in [0.3, 0.4) is 0 Å². The molecule has 3 N–H and O–H groups in total. The maximum absolute atomic E-state index is 13.1. The highest BCUT2D eigenvalue weighted by molar-refractivity contribution is 6.33. The average molecular weight is 572 g/mol. The van der Waals surface area contributed by atoms with Gasteiger partial charge in [-0.3, -0.25) is 14.9 Å². The fourth-order valence-electron chi connectivity index (χ4n) is 4.27. The summed E-state index contributed by atoms with van der Waals surface area (Å²) in [5, 5.41) is 15.5. The lowest BCUT2D eigenvalue weighted by molar-refractivity contribution is -0.274. The van der Waals surface area contributed by atoms with Gasteiger partial charge < -0.3 is 24.8 Å². The highest BCUT2D eigenvalue weighted by atomic mass is 35.5. The number of aliphatic hydroxyl groups is 1. The third-order valence-corrected chi connectivity index (χ3v) is 6.20. The number of hydrogen-bond donors (Lipinski definition) is 3. The van der Waals surface area contributed by atoms with E-state index < -0.39 is 36.1 Å². The van der Waals surface area contributed by atoms with Crippen LogP contribution in [0.25, 0.3) is 11.1 Å². The number of carbonyl (C=O) groups is 2. The first kappa shape index (κ1) is 30.7. The highest BCUT2D eigenvalue weighted by Crippen LogP contribution is 2.38. The number of alkyl halides is 3. The van der Waals surface area contributed by atoms with Crippen LogP contribution in [0.5, 0.6) is 5.75 Å². The molecule has 0 bridgehead atoms. The van der Waals surface area contributed by atoms with Gasteiger partial charge in [0.15, 0.2) is 0 Å². The molecule has 3 rings (SSSR count). The molecule has 0 aliphatic carbocycles. The predicted molar refractivity (Wildman–Crippen MR) is 141 cm³/mol. The number of anilines is 1. The topological polar surface area (TPSA) is 100 Å². The zero-order chi connectivity index (χ0) is 28.8. The summed E-state index contributed by atoms with van der Waals surface area (Å²) in [6.07, 6.45) is -4.01. The fraction of sp³-hybridized carbons (Fsp3) is 0.481. The van der Waals surface area contributed by atoms with Gasteiger partial charge in [0.05, 0.1) is 10.6 Å². The second-order valence-corrected chi connectivity index (χ2v) is 10.5. The van der Waals surface area contributed by atoms with E-state index in [9.17, 15) is 27.9 Å². The van der Waals surface area contributed by atoms with E-state index in [0.29, 0.717) is 24.2 Å². The van der Waals surface area contributed by atoms with E-state index in [-0.39, 0.29) is 29.5 Å². The van der Waals surface area contributed by atoms with Gasteiger partial charge in [-0.05, 0) is 58.2 Å². The predicted octanol–water partition coefficient (Wildman–Crippen LogP) is 5.30.